The number of rotatable bonds is 2. The molecule has 0 amide bonds. The number of benzene rings is 7. The van der Waals surface area contributed by atoms with Crippen molar-refractivity contribution < 1.29 is 4.57 Å². The number of aromatic nitrogens is 1. The second kappa shape index (κ2) is 8.22. The number of para-hydroxylation sites is 1. The Bertz CT molecular complexity index is 2530. The summed E-state index contributed by atoms with van der Waals surface area (Å²) >= 11 is 0. The van der Waals surface area contributed by atoms with E-state index >= 15 is 4.57 Å². The molecule has 0 saturated heterocycles. The quantitative estimate of drug-likeness (QED) is 0.192. The van der Waals surface area contributed by atoms with Gasteiger partial charge in [-0.05, 0) is 74.5 Å². The number of hydrogen-bond donors (Lipinski definition) is 0. The molecule has 7 aromatic carbocycles. The first-order valence-electron chi connectivity index (χ1n) is 14.7. The van der Waals surface area contributed by atoms with Gasteiger partial charge in [-0.25, -0.2) is 0 Å². The predicted octanol–water partition coefficient (Wildman–Crippen LogP) is 9.20. The Morgan fingerprint density at radius 1 is 0.442 bits per heavy atom. The number of fused-ring (bicyclic) bond motifs is 9. The van der Waals surface area contributed by atoms with Gasteiger partial charge in [-0.2, -0.15) is 0 Å². The first-order chi connectivity index (χ1) is 21.2. The maximum Gasteiger partial charge on any atom is 0.172 e. The lowest BCUT2D eigenvalue weighted by Gasteiger charge is -2.16. The van der Waals surface area contributed by atoms with Crippen LogP contribution in [0.1, 0.15) is 0 Å². The third-order valence-electron chi connectivity index (χ3n) is 9.53. The van der Waals surface area contributed by atoms with E-state index in [-0.39, 0.29) is 0 Å². The van der Waals surface area contributed by atoms with Gasteiger partial charge in [0.15, 0.2) is 7.14 Å². The molecule has 0 saturated carbocycles. The van der Waals surface area contributed by atoms with Crippen molar-refractivity contribution in [3.05, 3.63) is 146 Å². The topological polar surface area (TPSA) is 22.0 Å². The van der Waals surface area contributed by atoms with Crippen LogP contribution in [0.3, 0.4) is 0 Å². The molecular weight excluding hydrogens is 541 g/mol. The monoisotopic (exact) mass is 565 g/mol. The standard InChI is InChI=1S/C40H24NOP/c42-43(27-12-2-1-3-13-27)38-19-7-5-15-30(38)35-23-37-34(24-39(35)43)29-14-4-6-18-36(29)41(37)26-20-21-28-31-16-8-10-25-11-9-17-32(40(25)31)33(28)22-26/h1-24H. The van der Waals surface area contributed by atoms with E-state index in [9.17, 15) is 0 Å². The van der Waals surface area contributed by atoms with Crippen molar-refractivity contribution in [1.82, 2.24) is 4.57 Å². The minimum atomic E-state index is -3.03. The van der Waals surface area contributed by atoms with Gasteiger partial charge in [-0.15, -0.1) is 0 Å². The van der Waals surface area contributed by atoms with Gasteiger partial charge in [0, 0.05) is 32.4 Å². The van der Waals surface area contributed by atoms with Crippen LogP contribution in [0.4, 0.5) is 0 Å². The number of nitrogens with zero attached hydrogens (tertiary/aromatic N) is 1. The molecule has 1 aliphatic heterocycles. The Labute approximate surface area is 248 Å². The zero-order valence-electron chi connectivity index (χ0n) is 23.2. The van der Waals surface area contributed by atoms with Crippen LogP contribution in [0.25, 0.3) is 71.6 Å². The molecule has 0 radical (unpaired) electrons. The Morgan fingerprint density at radius 2 is 1.16 bits per heavy atom. The van der Waals surface area contributed by atoms with Gasteiger partial charge in [-0.1, -0.05) is 115 Å². The first kappa shape index (κ1) is 23.4. The molecule has 43 heavy (non-hydrogen) atoms. The molecule has 1 aromatic heterocycles. The molecule has 10 rings (SSSR count). The molecule has 3 heteroatoms. The van der Waals surface area contributed by atoms with Crippen LogP contribution in [0, 0.1) is 0 Å². The molecule has 1 aliphatic carbocycles. The summed E-state index contributed by atoms with van der Waals surface area (Å²) in [5.41, 5.74) is 10.7. The van der Waals surface area contributed by atoms with Gasteiger partial charge in [0.1, 0.15) is 0 Å². The van der Waals surface area contributed by atoms with E-state index in [1.165, 1.54) is 38.4 Å². The molecule has 2 heterocycles. The van der Waals surface area contributed by atoms with Crippen molar-refractivity contribution >= 4 is 55.6 Å². The molecule has 1 atom stereocenters. The highest BCUT2D eigenvalue weighted by atomic mass is 31.2. The highest BCUT2D eigenvalue weighted by molar-refractivity contribution is 7.86. The lowest BCUT2D eigenvalue weighted by atomic mass is 10.0. The average molecular weight is 566 g/mol. The number of hydrogen-bond acceptors (Lipinski definition) is 1. The second-order valence-electron chi connectivity index (χ2n) is 11.6. The van der Waals surface area contributed by atoms with E-state index < -0.39 is 7.14 Å². The minimum Gasteiger partial charge on any atom is -0.309 e. The van der Waals surface area contributed by atoms with Crippen molar-refractivity contribution in [3.63, 3.8) is 0 Å². The summed E-state index contributed by atoms with van der Waals surface area (Å²) in [5.74, 6) is 0. The highest BCUT2D eigenvalue weighted by Gasteiger charge is 2.40. The first-order valence-corrected chi connectivity index (χ1v) is 16.4. The van der Waals surface area contributed by atoms with Gasteiger partial charge >= 0.3 is 0 Å². The smallest absolute Gasteiger partial charge is 0.172 e. The van der Waals surface area contributed by atoms with Gasteiger partial charge < -0.3 is 9.13 Å². The SMILES string of the molecule is O=P1(c2ccccc2)c2ccccc2-c2cc3c(cc21)c1ccccc1n3-c1ccc2c(c1)-c1cccc3cccc-2c13. The molecule has 2 nitrogen and oxygen atoms in total. The zero-order chi connectivity index (χ0) is 28.3. The average Bonchev–Trinajstić information content (AvgIpc) is 3.66. The van der Waals surface area contributed by atoms with Crippen LogP contribution in [0.2, 0.25) is 0 Å². The highest BCUT2D eigenvalue weighted by Crippen LogP contribution is 2.54. The third kappa shape index (κ3) is 2.91. The largest absolute Gasteiger partial charge is 0.309 e. The summed E-state index contributed by atoms with van der Waals surface area (Å²) in [6.45, 7) is 0. The molecule has 2 aliphatic rings. The Kier molecular flexibility index (Phi) is 4.47. The lowest BCUT2D eigenvalue weighted by molar-refractivity contribution is 0.593. The van der Waals surface area contributed by atoms with Crippen molar-refractivity contribution in [2.75, 3.05) is 0 Å². The maximum atomic E-state index is 15.2. The molecular formula is C40H24NOP. The summed E-state index contributed by atoms with van der Waals surface area (Å²) < 4.78 is 17.6. The fourth-order valence-corrected chi connectivity index (χ4v) is 10.8. The van der Waals surface area contributed by atoms with Gasteiger partial charge in [0.05, 0.1) is 11.0 Å². The van der Waals surface area contributed by atoms with Crippen molar-refractivity contribution in [2.45, 2.75) is 0 Å². The Balaban J connectivity index is 1.28. The van der Waals surface area contributed by atoms with Crippen LogP contribution in [-0.2, 0) is 4.57 Å². The van der Waals surface area contributed by atoms with E-state index in [0.717, 1.165) is 49.1 Å². The van der Waals surface area contributed by atoms with Gasteiger partial charge in [-0.3, -0.25) is 0 Å². The normalized spacial score (nSPS) is 16.1. The van der Waals surface area contributed by atoms with E-state index in [4.69, 9.17) is 0 Å². The summed E-state index contributed by atoms with van der Waals surface area (Å²) in [4.78, 5) is 0. The summed E-state index contributed by atoms with van der Waals surface area (Å²) in [6, 6.07) is 51.5. The molecule has 200 valence electrons. The van der Waals surface area contributed by atoms with Crippen LogP contribution in [0.15, 0.2) is 146 Å². The van der Waals surface area contributed by atoms with E-state index in [1.807, 2.05) is 36.4 Å². The van der Waals surface area contributed by atoms with Crippen molar-refractivity contribution in [1.29, 1.82) is 0 Å². The zero-order valence-corrected chi connectivity index (χ0v) is 24.1. The fourth-order valence-electron chi connectivity index (χ4n) is 7.70. The third-order valence-corrected chi connectivity index (χ3v) is 12.7. The fraction of sp³-hybridized carbons (Fsp3) is 0. The van der Waals surface area contributed by atoms with Crippen LogP contribution in [0.5, 0.6) is 0 Å². The second-order valence-corrected chi connectivity index (χ2v) is 14.3. The minimum absolute atomic E-state index is 0.886. The van der Waals surface area contributed by atoms with E-state index in [1.54, 1.807) is 0 Å². The molecule has 8 aromatic rings. The molecule has 0 spiro atoms. The van der Waals surface area contributed by atoms with Crippen molar-refractivity contribution in [3.8, 4) is 39.1 Å². The summed E-state index contributed by atoms with van der Waals surface area (Å²) in [5, 5.41) is 7.67. The molecule has 0 fully saturated rings. The van der Waals surface area contributed by atoms with Crippen molar-refractivity contribution in [2.24, 2.45) is 0 Å². The molecule has 1 unspecified atom stereocenters. The summed E-state index contributed by atoms with van der Waals surface area (Å²) in [6.07, 6.45) is 0. The Morgan fingerprint density at radius 3 is 2.02 bits per heavy atom. The van der Waals surface area contributed by atoms with E-state index in [2.05, 4.69) is 114 Å². The van der Waals surface area contributed by atoms with Crippen LogP contribution < -0.4 is 15.9 Å². The predicted molar refractivity (Wildman–Crippen MR) is 181 cm³/mol. The molecule has 0 bridgehead atoms. The Hall–Kier alpha value is -5.17. The molecule has 0 N–H and O–H groups in total. The lowest BCUT2D eigenvalue weighted by Crippen LogP contribution is -2.20. The van der Waals surface area contributed by atoms with E-state index in [0.29, 0.717) is 0 Å². The van der Waals surface area contributed by atoms with Crippen LogP contribution >= 0.6 is 7.14 Å². The van der Waals surface area contributed by atoms with Gasteiger partial charge in [0.25, 0.3) is 0 Å². The summed E-state index contributed by atoms with van der Waals surface area (Å²) in [7, 11) is -3.03. The van der Waals surface area contributed by atoms with Gasteiger partial charge in [0.2, 0.25) is 0 Å². The van der Waals surface area contributed by atoms with Crippen LogP contribution in [-0.4, -0.2) is 4.57 Å². The maximum absolute atomic E-state index is 15.2.